The van der Waals surface area contributed by atoms with Crippen LogP contribution in [0.4, 0.5) is 4.79 Å². The van der Waals surface area contributed by atoms with Crippen molar-refractivity contribution >= 4 is 22.9 Å². The summed E-state index contributed by atoms with van der Waals surface area (Å²) in [6, 6.07) is 20.2. The molecule has 6 heteroatoms. The van der Waals surface area contributed by atoms with Crippen molar-refractivity contribution in [2.75, 3.05) is 13.1 Å². The maximum atomic E-state index is 13.3. The molecule has 2 amide bonds. The number of nitrogens with zero attached hydrogens (tertiary/aromatic N) is 2. The average molecular weight is 434 g/mol. The molecule has 3 aromatic rings. The summed E-state index contributed by atoms with van der Waals surface area (Å²) in [7, 11) is 0. The summed E-state index contributed by atoms with van der Waals surface area (Å²) in [6.07, 6.45) is 1.14. The van der Waals surface area contributed by atoms with Crippen LogP contribution in [-0.2, 0) is 11.3 Å². The Balaban J connectivity index is 1.45. The lowest BCUT2D eigenvalue weighted by molar-refractivity contribution is 0.0199. The van der Waals surface area contributed by atoms with Crippen molar-refractivity contribution in [1.82, 2.24) is 14.8 Å². The largest absolute Gasteiger partial charge is 0.444 e. The monoisotopic (exact) mass is 433 g/mol. The molecule has 168 valence electrons. The van der Waals surface area contributed by atoms with Crippen molar-refractivity contribution < 1.29 is 14.3 Å². The Morgan fingerprint density at radius 1 is 1.00 bits per heavy atom. The number of carbonyl (C=O) groups excluding carboxylic acids is 2. The number of fused-ring (bicyclic) bond motifs is 1. The fourth-order valence-electron chi connectivity index (χ4n) is 4.13. The Bertz CT molecular complexity index is 1090. The van der Waals surface area contributed by atoms with Crippen LogP contribution < -0.4 is 5.32 Å². The maximum absolute atomic E-state index is 13.3. The SMILES string of the molecule is CC(C)(C)OC(=O)N1CCC(NC(=O)c2cc3ccccc3n2Cc2ccccc2)CC1. The lowest BCUT2D eigenvalue weighted by Gasteiger charge is -2.33. The van der Waals surface area contributed by atoms with Crippen molar-refractivity contribution in [3.05, 3.63) is 71.9 Å². The third kappa shape index (κ3) is 5.13. The van der Waals surface area contributed by atoms with Crippen molar-refractivity contribution in [2.45, 2.75) is 51.8 Å². The van der Waals surface area contributed by atoms with E-state index in [1.54, 1.807) is 4.90 Å². The molecule has 1 fully saturated rings. The average Bonchev–Trinajstić information content (AvgIpc) is 3.12. The molecule has 4 rings (SSSR count). The first-order chi connectivity index (χ1) is 15.3. The van der Waals surface area contributed by atoms with Gasteiger partial charge in [0, 0.05) is 36.6 Å². The zero-order valence-electron chi connectivity index (χ0n) is 19.0. The van der Waals surface area contributed by atoms with E-state index in [9.17, 15) is 9.59 Å². The fourth-order valence-corrected chi connectivity index (χ4v) is 4.13. The Kier molecular flexibility index (Phi) is 6.21. The predicted octanol–water partition coefficient (Wildman–Crippen LogP) is 4.82. The van der Waals surface area contributed by atoms with Crippen molar-refractivity contribution in [2.24, 2.45) is 0 Å². The highest BCUT2D eigenvalue weighted by atomic mass is 16.6. The molecule has 1 aromatic heterocycles. The molecule has 1 saturated heterocycles. The third-order valence-corrected chi connectivity index (χ3v) is 5.71. The Hall–Kier alpha value is -3.28. The minimum atomic E-state index is -0.506. The number of piperidine rings is 1. The molecule has 1 aliphatic rings. The molecule has 1 N–H and O–H groups in total. The normalized spacial score (nSPS) is 15.0. The van der Waals surface area contributed by atoms with Crippen molar-refractivity contribution in [3.63, 3.8) is 0 Å². The molecule has 32 heavy (non-hydrogen) atoms. The van der Waals surface area contributed by atoms with E-state index in [1.165, 1.54) is 0 Å². The number of nitrogens with one attached hydrogen (secondary N) is 1. The van der Waals surface area contributed by atoms with E-state index in [-0.39, 0.29) is 18.0 Å². The molecule has 2 aromatic carbocycles. The molecular weight excluding hydrogens is 402 g/mol. The van der Waals surface area contributed by atoms with Crippen LogP contribution in [0.15, 0.2) is 60.7 Å². The van der Waals surface area contributed by atoms with E-state index >= 15 is 0 Å². The Morgan fingerprint density at radius 3 is 2.34 bits per heavy atom. The molecule has 0 radical (unpaired) electrons. The lowest BCUT2D eigenvalue weighted by Crippen LogP contribution is -2.48. The number of benzene rings is 2. The van der Waals surface area contributed by atoms with Crippen LogP contribution >= 0.6 is 0 Å². The zero-order chi connectivity index (χ0) is 22.7. The number of rotatable bonds is 4. The van der Waals surface area contributed by atoms with Crippen LogP contribution in [-0.4, -0.2) is 46.2 Å². The van der Waals surface area contributed by atoms with Gasteiger partial charge < -0.3 is 19.5 Å². The summed E-state index contributed by atoms with van der Waals surface area (Å²) in [5.74, 6) is -0.0761. The highest BCUT2D eigenvalue weighted by molar-refractivity contribution is 5.99. The summed E-state index contributed by atoms with van der Waals surface area (Å²) in [5, 5.41) is 4.24. The van der Waals surface area contributed by atoms with Gasteiger partial charge in [-0.2, -0.15) is 0 Å². The molecule has 1 aliphatic heterocycles. The zero-order valence-corrected chi connectivity index (χ0v) is 19.0. The standard InChI is InChI=1S/C26H31N3O3/c1-26(2,3)32-25(31)28-15-13-21(14-16-28)27-24(30)23-17-20-11-7-8-12-22(20)29(23)18-19-9-5-4-6-10-19/h4-12,17,21H,13-16,18H2,1-3H3,(H,27,30). The van der Waals surface area contributed by atoms with E-state index < -0.39 is 5.60 Å². The lowest BCUT2D eigenvalue weighted by atomic mass is 10.1. The first-order valence-corrected chi connectivity index (χ1v) is 11.2. The van der Waals surface area contributed by atoms with Crippen LogP contribution in [0.2, 0.25) is 0 Å². The minimum Gasteiger partial charge on any atom is -0.444 e. The quantitative estimate of drug-likeness (QED) is 0.642. The van der Waals surface area contributed by atoms with Gasteiger partial charge in [0.25, 0.3) is 5.91 Å². The number of carbonyl (C=O) groups is 2. The molecular formula is C26H31N3O3. The molecule has 0 atom stereocenters. The van der Waals surface area contributed by atoms with E-state index in [0.717, 1.165) is 16.5 Å². The highest BCUT2D eigenvalue weighted by Gasteiger charge is 2.28. The first-order valence-electron chi connectivity index (χ1n) is 11.2. The number of ether oxygens (including phenoxy) is 1. The second kappa shape index (κ2) is 9.07. The molecule has 0 bridgehead atoms. The number of likely N-dealkylation sites (tertiary alicyclic amines) is 1. The maximum Gasteiger partial charge on any atom is 0.410 e. The topological polar surface area (TPSA) is 63.6 Å². The Labute approximate surface area is 189 Å². The van der Waals surface area contributed by atoms with Crippen LogP contribution in [0.1, 0.15) is 49.7 Å². The Morgan fingerprint density at radius 2 is 1.66 bits per heavy atom. The van der Waals surface area contributed by atoms with Gasteiger partial charge in [-0.3, -0.25) is 4.79 Å². The number of para-hydroxylation sites is 1. The predicted molar refractivity (Wildman–Crippen MR) is 126 cm³/mol. The van der Waals surface area contributed by atoms with Gasteiger partial charge >= 0.3 is 6.09 Å². The van der Waals surface area contributed by atoms with E-state index in [2.05, 4.69) is 22.0 Å². The highest BCUT2D eigenvalue weighted by Crippen LogP contribution is 2.22. The van der Waals surface area contributed by atoms with Gasteiger partial charge in [-0.1, -0.05) is 48.5 Å². The van der Waals surface area contributed by atoms with E-state index in [1.807, 2.05) is 69.3 Å². The van der Waals surface area contributed by atoms with Crippen molar-refractivity contribution in [3.8, 4) is 0 Å². The van der Waals surface area contributed by atoms with Crippen molar-refractivity contribution in [1.29, 1.82) is 0 Å². The van der Waals surface area contributed by atoms with Crippen LogP contribution in [0.3, 0.4) is 0 Å². The fraction of sp³-hybridized carbons (Fsp3) is 0.385. The molecule has 2 heterocycles. The van der Waals surface area contributed by atoms with Gasteiger partial charge in [0.15, 0.2) is 0 Å². The smallest absolute Gasteiger partial charge is 0.410 e. The minimum absolute atomic E-state index is 0.0318. The molecule has 0 saturated carbocycles. The molecule has 0 unspecified atom stereocenters. The summed E-state index contributed by atoms with van der Waals surface area (Å²) < 4.78 is 7.54. The summed E-state index contributed by atoms with van der Waals surface area (Å²) >= 11 is 0. The number of amides is 2. The number of aromatic nitrogens is 1. The van der Waals surface area contributed by atoms with Gasteiger partial charge in [0.05, 0.1) is 0 Å². The summed E-state index contributed by atoms with van der Waals surface area (Å²) in [5.41, 5.74) is 2.34. The van der Waals surface area contributed by atoms with Crippen LogP contribution in [0.25, 0.3) is 10.9 Å². The van der Waals surface area contributed by atoms with Crippen LogP contribution in [0, 0.1) is 0 Å². The summed E-state index contributed by atoms with van der Waals surface area (Å²) in [6.45, 7) is 7.39. The number of hydrogen-bond acceptors (Lipinski definition) is 3. The van der Waals surface area contributed by atoms with Gasteiger partial charge in [-0.25, -0.2) is 4.79 Å². The van der Waals surface area contributed by atoms with Gasteiger partial charge in [0.2, 0.25) is 0 Å². The van der Waals surface area contributed by atoms with Gasteiger partial charge in [-0.05, 0) is 51.3 Å². The molecule has 6 nitrogen and oxygen atoms in total. The van der Waals surface area contributed by atoms with E-state index in [4.69, 9.17) is 4.74 Å². The second-order valence-corrected chi connectivity index (χ2v) is 9.38. The summed E-state index contributed by atoms with van der Waals surface area (Å²) in [4.78, 5) is 27.3. The molecule has 0 aliphatic carbocycles. The molecule has 0 spiro atoms. The van der Waals surface area contributed by atoms with Gasteiger partial charge in [-0.15, -0.1) is 0 Å². The van der Waals surface area contributed by atoms with E-state index in [0.29, 0.717) is 38.2 Å². The third-order valence-electron chi connectivity index (χ3n) is 5.71. The van der Waals surface area contributed by atoms with Gasteiger partial charge in [0.1, 0.15) is 11.3 Å². The number of hydrogen-bond donors (Lipinski definition) is 1. The van der Waals surface area contributed by atoms with Crippen LogP contribution in [0.5, 0.6) is 0 Å². The first kappa shape index (κ1) is 21.9. The second-order valence-electron chi connectivity index (χ2n) is 9.38.